The predicted octanol–water partition coefficient (Wildman–Crippen LogP) is -0.260. The van der Waals surface area contributed by atoms with Gasteiger partial charge < -0.3 is 14.6 Å². The maximum absolute atomic E-state index is 8.43. The van der Waals surface area contributed by atoms with E-state index in [9.17, 15) is 0 Å². The molecule has 48 valence electrons. The second-order valence-corrected chi connectivity index (χ2v) is 1.89. The normalized spacial score (nSPS) is 38.2. The number of ether oxygens (including phenoxy) is 2. The zero-order valence-corrected chi connectivity index (χ0v) is 4.83. The maximum atomic E-state index is 8.43. The van der Waals surface area contributed by atoms with Gasteiger partial charge in [-0.1, -0.05) is 0 Å². The summed E-state index contributed by atoms with van der Waals surface area (Å²) in [4.78, 5) is 0. The van der Waals surface area contributed by atoms with Gasteiger partial charge in [0.15, 0.2) is 6.29 Å². The SMILES string of the molecule is C[C@H]1CO[C@H](CO)O1. The first-order chi connectivity index (χ1) is 3.83. The van der Waals surface area contributed by atoms with Crippen molar-refractivity contribution in [1.82, 2.24) is 0 Å². The molecule has 2 atom stereocenters. The monoisotopic (exact) mass is 118 g/mol. The number of aliphatic hydroxyl groups excluding tert-OH is 1. The van der Waals surface area contributed by atoms with Gasteiger partial charge in [-0.15, -0.1) is 0 Å². The van der Waals surface area contributed by atoms with Crippen molar-refractivity contribution in [2.24, 2.45) is 0 Å². The Morgan fingerprint density at radius 1 is 1.75 bits per heavy atom. The van der Waals surface area contributed by atoms with Gasteiger partial charge in [-0.3, -0.25) is 0 Å². The van der Waals surface area contributed by atoms with Crippen LogP contribution in [0.2, 0.25) is 0 Å². The molecular weight excluding hydrogens is 108 g/mol. The first kappa shape index (κ1) is 6.01. The summed E-state index contributed by atoms with van der Waals surface area (Å²) in [6, 6.07) is 0. The van der Waals surface area contributed by atoms with E-state index in [4.69, 9.17) is 14.6 Å². The van der Waals surface area contributed by atoms with Crippen molar-refractivity contribution in [3.63, 3.8) is 0 Å². The molecule has 1 aliphatic rings. The molecule has 1 N–H and O–H groups in total. The Hall–Kier alpha value is -0.120. The Morgan fingerprint density at radius 2 is 2.50 bits per heavy atom. The smallest absolute Gasteiger partial charge is 0.181 e. The molecule has 0 unspecified atom stereocenters. The highest BCUT2D eigenvalue weighted by Crippen LogP contribution is 2.08. The van der Waals surface area contributed by atoms with Crippen molar-refractivity contribution >= 4 is 0 Å². The van der Waals surface area contributed by atoms with Crippen LogP contribution < -0.4 is 0 Å². The second-order valence-electron chi connectivity index (χ2n) is 1.89. The Morgan fingerprint density at radius 3 is 2.75 bits per heavy atom. The Labute approximate surface area is 48.2 Å². The fourth-order valence-electron chi connectivity index (χ4n) is 0.676. The second kappa shape index (κ2) is 2.44. The third-order valence-corrected chi connectivity index (χ3v) is 1.05. The minimum atomic E-state index is -0.370. The molecule has 1 heterocycles. The molecule has 0 aromatic rings. The van der Waals surface area contributed by atoms with Crippen molar-refractivity contribution in [3.05, 3.63) is 0 Å². The molecule has 1 fully saturated rings. The molecule has 0 amide bonds. The average Bonchev–Trinajstić information content (AvgIpc) is 2.14. The molecule has 0 aliphatic carbocycles. The van der Waals surface area contributed by atoms with Crippen LogP contribution in [0.1, 0.15) is 6.92 Å². The zero-order chi connectivity index (χ0) is 5.98. The fraction of sp³-hybridized carbons (Fsp3) is 1.00. The highest BCUT2D eigenvalue weighted by Gasteiger charge is 2.20. The minimum Gasteiger partial charge on any atom is -0.391 e. The number of rotatable bonds is 1. The van der Waals surface area contributed by atoms with E-state index < -0.39 is 0 Å². The summed E-state index contributed by atoms with van der Waals surface area (Å²) in [7, 11) is 0. The Balaban J connectivity index is 2.22. The van der Waals surface area contributed by atoms with Gasteiger partial charge in [-0.2, -0.15) is 0 Å². The van der Waals surface area contributed by atoms with Crippen molar-refractivity contribution < 1.29 is 14.6 Å². The molecule has 3 nitrogen and oxygen atoms in total. The van der Waals surface area contributed by atoms with Gasteiger partial charge in [0.25, 0.3) is 0 Å². The fourth-order valence-corrected chi connectivity index (χ4v) is 0.676. The molecule has 0 radical (unpaired) electrons. The van der Waals surface area contributed by atoms with Gasteiger partial charge in [0.05, 0.1) is 19.3 Å². The van der Waals surface area contributed by atoms with E-state index >= 15 is 0 Å². The lowest BCUT2D eigenvalue weighted by atomic mass is 10.5. The van der Waals surface area contributed by atoms with Crippen molar-refractivity contribution in [2.45, 2.75) is 19.3 Å². The van der Waals surface area contributed by atoms with E-state index in [2.05, 4.69) is 0 Å². The highest BCUT2D eigenvalue weighted by molar-refractivity contribution is 4.57. The summed E-state index contributed by atoms with van der Waals surface area (Å²) in [6.07, 6.45) is -0.225. The lowest BCUT2D eigenvalue weighted by molar-refractivity contribution is -0.0853. The Bertz CT molecular complexity index is 74.1. The maximum Gasteiger partial charge on any atom is 0.181 e. The van der Waals surface area contributed by atoms with Crippen molar-refractivity contribution in [1.29, 1.82) is 0 Å². The van der Waals surface area contributed by atoms with Gasteiger partial charge in [-0.25, -0.2) is 0 Å². The van der Waals surface area contributed by atoms with Crippen LogP contribution in [0.5, 0.6) is 0 Å². The van der Waals surface area contributed by atoms with Crippen LogP contribution in [0.15, 0.2) is 0 Å². The van der Waals surface area contributed by atoms with E-state index in [-0.39, 0.29) is 19.0 Å². The van der Waals surface area contributed by atoms with Gasteiger partial charge in [0.2, 0.25) is 0 Å². The molecule has 1 aliphatic heterocycles. The lowest BCUT2D eigenvalue weighted by Gasteiger charge is -2.02. The highest BCUT2D eigenvalue weighted by atomic mass is 16.7. The van der Waals surface area contributed by atoms with Gasteiger partial charge in [0.1, 0.15) is 0 Å². The van der Waals surface area contributed by atoms with Crippen LogP contribution in [0.25, 0.3) is 0 Å². The molecule has 3 heteroatoms. The lowest BCUT2D eigenvalue weighted by Crippen LogP contribution is -2.13. The topological polar surface area (TPSA) is 38.7 Å². The van der Waals surface area contributed by atoms with Crippen LogP contribution in [-0.4, -0.2) is 30.7 Å². The van der Waals surface area contributed by atoms with Crippen LogP contribution in [0.4, 0.5) is 0 Å². The summed E-state index contributed by atoms with van der Waals surface area (Å²) in [5.74, 6) is 0. The van der Waals surface area contributed by atoms with E-state index in [1.54, 1.807) is 0 Å². The van der Waals surface area contributed by atoms with Crippen LogP contribution in [0, 0.1) is 0 Å². The van der Waals surface area contributed by atoms with E-state index in [0.717, 1.165) is 0 Å². The summed E-state index contributed by atoms with van der Waals surface area (Å²) in [6.45, 7) is 2.48. The molecular formula is C5H10O3. The van der Waals surface area contributed by atoms with Gasteiger partial charge in [-0.05, 0) is 6.92 Å². The number of hydrogen-bond donors (Lipinski definition) is 1. The molecule has 0 saturated carbocycles. The molecule has 1 rings (SSSR count). The standard InChI is InChI=1S/C5H10O3/c1-4-3-7-5(2-6)8-4/h4-6H,2-3H2,1H3/t4-,5-/m0/s1. The van der Waals surface area contributed by atoms with Crippen molar-refractivity contribution in [3.8, 4) is 0 Å². The third-order valence-electron chi connectivity index (χ3n) is 1.05. The summed E-state index contributed by atoms with van der Waals surface area (Å²) in [5, 5.41) is 8.43. The Kier molecular flexibility index (Phi) is 1.83. The molecule has 0 aromatic carbocycles. The molecule has 8 heavy (non-hydrogen) atoms. The summed E-state index contributed by atoms with van der Waals surface area (Å²) >= 11 is 0. The summed E-state index contributed by atoms with van der Waals surface area (Å²) < 4.78 is 9.98. The molecule has 0 bridgehead atoms. The minimum absolute atomic E-state index is 0.0374. The quantitative estimate of drug-likeness (QED) is 0.515. The largest absolute Gasteiger partial charge is 0.391 e. The average molecular weight is 118 g/mol. The van der Waals surface area contributed by atoms with Crippen LogP contribution in [-0.2, 0) is 9.47 Å². The third kappa shape index (κ3) is 1.18. The van der Waals surface area contributed by atoms with Gasteiger partial charge >= 0.3 is 0 Å². The number of aliphatic hydroxyl groups is 1. The first-order valence-electron chi connectivity index (χ1n) is 2.71. The van der Waals surface area contributed by atoms with Crippen molar-refractivity contribution in [2.75, 3.05) is 13.2 Å². The first-order valence-corrected chi connectivity index (χ1v) is 2.71. The van der Waals surface area contributed by atoms with E-state index in [1.807, 2.05) is 6.92 Å². The molecule has 1 saturated heterocycles. The molecule has 0 spiro atoms. The van der Waals surface area contributed by atoms with E-state index in [0.29, 0.717) is 6.61 Å². The predicted molar refractivity (Wildman–Crippen MR) is 27.4 cm³/mol. The van der Waals surface area contributed by atoms with Crippen LogP contribution >= 0.6 is 0 Å². The van der Waals surface area contributed by atoms with Gasteiger partial charge in [0, 0.05) is 0 Å². The zero-order valence-electron chi connectivity index (χ0n) is 4.83. The summed E-state index contributed by atoms with van der Waals surface area (Å²) in [5.41, 5.74) is 0. The van der Waals surface area contributed by atoms with E-state index in [1.165, 1.54) is 0 Å². The molecule has 0 aromatic heterocycles. The van der Waals surface area contributed by atoms with Crippen LogP contribution in [0.3, 0.4) is 0 Å². The number of hydrogen-bond acceptors (Lipinski definition) is 3.